The minimum atomic E-state index is -2.30. The summed E-state index contributed by atoms with van der Waals surface area (Å²) in [4.78, 5) is 41.2. The average molecular weight is 795 g/mol. The molecule has 1 aliphatic heterocycles. The van der Waals surface area contributed by atoms with Crippen molar-refractivity contribution in [3.63, 3.8) is 0 Å². The minimum Gasteiger partial charge on any atom is -0.497 e. The zero-order valence-corrected chi connectivity index (χ0v) is 34.8. The fourth-order valence-electron chi connectivity index (χ4n) is 6.58. The van der Waals surface area contributed by atoms with Crippen LogP contribution in [-0.2, 0) is 29.4 Å². The maximum Gasteiger partial charge on any atom is 0.338 e. The smallest absolute Gasteiger partial charge is 0.338 e. The van der Waals surface area contributed by atoms with E-state index >= 15 is 0 Å². The molecule has 0 spiro atoms. The van der Waals surface area contributed by atoms with Crippen molar-refractivity contribution in [3.8, 4) is 5.75 Å². The summed E-state index contributed by atoms with van der Waals surface area (Å²) in [5, 5.41) is -0.0966. The first-order valence-electron chi connectivity index (χ1n) is 18.7. The molecular formula is C44H50N2O8SSi. The Morgan fingerprint density at radius 2 is 1.46 bits per heavy atom. The molecule has 12 heteroatoms. The standard InChI is InChI=1S/C44H50N2O8SSi/c1-30-27-46(42(49)45-40(30)47)39-26-37(54-56(6,7)43(2,3)4)38(53-39)29-51-41(48)36-21-15-14-16-31(36)28-52-55-44(32-17-10-8-11-18-32,33-19-12-9-13-20-33)34-22-24-35(50-5)25-23-34/h8-25,27,37-39H,26,28-29H2,1-7H3,(H,45,47,49)/t37-,38+,39+/m0/s1. The lowest BCUT2D eigenvalue weighted by molar-refractivity contribution is -0.0514. The largest absolute Gasteiger partial charge is 0.497 e. The number of aryl methyl sites for hydroxylation is 1. The zero-order chi connectivity index (χ0) is 40.1. The molecule has 0 unspecified atom stereocenters. The van der Waals surface area contributed by atoms with Gasteiger partial charge in [0, 0.05) is 30.2 Å². The van der Waals surface area contributed by atoms with Crippen molar-refractivity contribution in [2.75, 3.05) is 13.7 Å². The van der Waals surface area contributed by atoms with Gasteiger partial charge in [0.25, 0.3) is 5.56 Å². The van der Waals surface area contributed by atoms with E-state index in [9.17, 15) is 14.4 Å². The van der Waals surface area contributed by atoms with Gasteiger partial charge in [-0.2, -0.15) is 0 Å². The number of rotatable bonds is 14. The Bertz CT molecular complexity index is 2180. The molecule has 0 radical (unpaired) electrons. The third-order valence-electron chi connectivity index (χ3n) is 10.8. The third-order valence-corrected chi connectivity index (χ3v) is 16.5. The number of hydrogen-bond donors (Lipinski definition) is 1. The summed E-state index contributed by atoms with van der Waals surface area (Å²) >= 11 is 1.32. The number of methoxy groups -OCH3 is 1. The van der Waals surface area contributed by atoms with Gasteiger partial charge < -0.3 is 22.8 Å². The second-order valence-corrected chi connectivity index (χ2v) is 21.3. The molecule has 1 N–H and O–H groups in total. The van der Waals surface area contributed by atoms with Crippen LogP contribution in [0.2, 0.25) is 18.1 Å². The van der Waals surface area contributed by atoms with Crippen molar-refractivity contribution in [2.45, 2.75) is 82.0 Å². The lowest BCUT2D eigenvalue weighted by Crippen LogP contribution is -2.46. The van der Waals surface area contributed by atoms with Gasteiger partial charge in [0.05, 0.1) is 25.4 Å². The Labute approximate surface area is 333 Å². The molecule has 1 fully saturated rings. The number of carbonyl (C=O) groups is 1. The van der Waals surface area contributed by atoms with E-state index in [1.54, 1.807) is 26.2 Å². The van der Waals surface area contributed by atoms with Gasteiger partial charge in [0.1, 0.15) is 29.4 Å². The molecule has 10 nitrogen and oxygen atoms in total. The fraction of sp³-hybridized carbons (Fsp3) is 0.341. The first-order chi connectivity index (χ1) is 26.7. The summed E-state index contributed by atoms with van der Waals surface area (Å²) in [5.74, 6) is 0.218. The van der Waals surface area contributed by atoms with Crippen LogP contribution in [0.3, 0.4) is 0 Å². The van der Waals surface area contributed by atoms with Crippen LogP contribution in [0.5, 0.6) is 5.75 Å². The minimum absolute atomic E-state index is 0.0966. The van der Waals surface area contributed by atoms with Crippen molar-refractivity contribution in [3.05, 3.63) is 170 Å². The van der Waals surface area contributed by atoms with Gasteiger partial charge in [0.2, 0.25) is 0 Å². The van der Waals surface area contributed by atoms with E-state index < -0.39 is 48.7 Å². The second-order valence-electron chi connectivity index (χ2n) is 15.5. The van der Waals surface area contributed by atoms with Gasteiger partial charge in [-0.05, 0) is 65.5 Å². The molecule has 0 saturated carbocycles. The van der Waals surface area contributed by atoms with E-state index in [1.807, 2.05) is 72.8 Å². The molecule has 0 aliphatic carbocycles. The lowest BCUT2D eigenvalue weighted by Gasteiger charge is -2.39. The highest BCUT2D eigenvalue weighted by atomic mass is 32.2. The molecule has 1 aliphatic rings. The molecule has 1 aromatic heterocycles. The molecule has 0 amide bonds. The molecule has 5 aromatic rings. The highest BCUT2D eigenvalue weighted by molar-refractivity contribution is 7.96. The molecule has 3 atom stereocenters. The van der Waals surface area contributed by atoms with Crippen LogP contribution in [0.25, 0.3) is 0 Å². The maximum atomic E-state index is 13.9. The summed E-state index contributed by atoms with van der Waals surface area (Å²) in [6.45, 7) is 12.4. The quantitative estimate of drug-likeness (QED) is 0.0511. The van der Waals surface area contributed by atoms with Gasteiger partial charge in [-0.3, -0.25) is 14.3 Å². The first kappa shape index (κ1) is 40.9. The summed E-state index contributed by atoms with van der Waals surface area (Å²) < 4.78 is 31.8. The van der Waals surface area contributed by atoms with E-state index in [4.69, 9.17) is 22.8 Å². The predicted octanol–water partition coefficient (Wildman–Crippen LogP) is 8.55. The number of carbonyl (C=O) groups excluding carboxylic acids is 1. The number of ether oxygens (including phenoxy) is 3. The van der Waals surface area contributed by atoms with E-state index in [0.29, 0.717) is 23.1 Å². The maximum absolute atomic E-state index is 13.9. The van der Waals surface area contributed by atoms with Gasteiger partial charge >= 0.3 is 11.7 Å². The number of hydrogen-bond acceptors (Lipinski definition) is 9. The normalized spacial score (nSPS) is 17.4. The van der Waals surface area contributed by atoms with Crippen LogP contribution in [0.4, 0.5) is 0 Å². The Morgan fingerprint density at radius 3 is 2.07 bits per heavy atom. The van der Waals surface area contributed by atoms with Crippen molar-refractivity contribution in [2.24, 2.45) is 0 Å². The van der Waals surface area contributed by atoms with Crippen molar-refractivity contribution in [1.29, 1.82) is 0 Å². The van der Waals surface area contributed by atoms with E-state index in [1.165, 1.54) is 22.8 Å². The molecule has 4 aromatic carbocycles. The van der Waals surface area contributed by atoms with Gasteiger partial charge in [0.15, 0.2) is 8.32 Å². The van der Waals surface area contributed by atoms with Crippen LogP contribution in [-0.4, -0.2) is 49.8 Å². The monoisotopic (exact) mass is 794 g/mol. The van der Waals surface area contributed by atoms with Crippen LogP contribution >= 0.6 is 12.0 Å². The van der Waals surface area contributed by atoms with Gasteiger partial charge in [-0.1, -0.05) is 112 Å². The lowest BCUT2D eigenvalue weighted by atomic mass is 9.84. The SMILES string of the molecule is COc1ccc(C(SOCc2ccccc2C(=O)OC[C@H]2O[C@@H](n3cc(C)c(=O)[nH]c3=O)C[C@@H]2O[Si](C)(C)C(C)(C)C)(c2ccccc2)c2ccccc2)cc1. The van der Waals surface area contributed by atoms with Crippen LogP contribution < -0.4 is 16.0 Å². The number of aromatic nitrogens is 2. The van der Waals surface area contributed by atoms with Gasteiger partial charge in [-0.15, -0.1) is 0 Å². The Hall–Kier alpha value is -4.72. The molecule has 2 heterocycles. The van der Waals surface area contributed by atoms with Crippen molar-refractivity contribution in [1.82, 2.24) is 9.55 Å². The van der Waals surface area contributed by atoms with Gasteiger partial charge in [-0.25, -0.2) is 9.59 Å². The Balaban J connectivity index is 1.23. The van der Waals surface area contributed by atoms with Crippen LogP contribution in [0.1, 0.15) is 71.6 Å². The molecular weight excluding hydrogens is 745 g/mol. The number of esters is 1. The second kappa shape index (κ2) is 17.2. The Morgan fingerprint density at radius 1 is 0.875 bits per heavy atom. The fourth-order valence-corrected chi connectivity index (χ4v) is 9.00. The van der Waals surface area contributed by atoms with E-state index in [2.05, 4.69) is 63.1 Å². The van der Waals surface area contributed by atoms with E-state index in [-0.39, 0.29) is 18.3 Å². The van der Waals surface area contributed by atoms with E-state index in [0.717, 1.165) is 22.4 Å². The molecule has 6 rings (SSSR count). The number of aromatic amines is 1. The van der Waals surface area contributed by atoms with Crippen molar-refractivity contribution < 1.29 is 27.6 Å². The zero-order valence-electron chi connectivity index (χ0n) is 32.9. The number of benzene rings is 4. The Kier molecular flexibility index (Phi) is 12.6. The van der Waals surface area contributed by atoms with Crippen molar-refractivity contribution >= 4 is 26.3 Å². The summed E-state index contributed by atoms with van der Waals surface area (Å²) in [6.07, 6.45) is 0.0226. The highest BCUT2D eigenvalue weighted by Crippen LogP contribution is 2.49. The first-order valence-corrected chi connectivity index (χ1v) is 22.3. The van der Waals surface area contributed by atoms with Crippen LogP contribution in [0, 0.1) is 6.92 Å². The summed E-state index contributed by atoms with van der Waals surface area (Å²) in [6, 6.07) is 35.6. The molecule has 1 saturated heterocycles. The highest BCUT2D eigenvalue weighted by Gasteiger charge is 2.46. The summed E-state index contributed by atoms with van der Waals surface area (Å²) in [7, 11) is -0.658. The molecule has 0 bridgehead atoms. The number of nitrogens with one attached hydrogen (secondary N) is 1. The number of H-pyrrole nitrogens is 1. The molecule has 294 valence electrons. The number of nitrogens with zero attached hydrogens (tertiary/aromatic N) is 1. The average Bonchev–Trinajstić information content (AvgIpc) is 3.58. The predicted molar refractivity (Wildman–Crippen MR) is 222 cm³/mol. The topological polar surface area (TPSA) is 118 Å². The third kappa shape index (κ3) is 8.79. The van der Waals surface area contributed by atoms with Crippen LogP contribution in [0.15, 0.2) is 125 Å². The summed E-state index contributed by atoms with van der Waals surface area (Å²) in [5.41, 5.74) is 3.44. The molecule has 56 heavy (non-hydrogen) atoms.